The van der Waals surface area contributed by atoms with Gasteiger partial charge in [0, 0.05) is 16.9 Å². The molecule has 0 fully saturated rings. The number of rotatable bonds is 5. The predicted octanol–water partition coefficient (Wildman–Crippen LogP) is 4.74. The molecule has 3 aromatic rings. The summed E-state index contributed by atoms with van der Waals surface area (Å²) < 4.78 is 0. The molecule has 0 aliphatic carbocycles. The Kier molecular flexibility index (Phi) is 5.67. The highest BCUT2D eigenvalue weighted by Gasteiger charge is 2.13. The highest BCUT2D eigenvalue weighted by Crippen LogP contribution is 2.21. The van der Waals surface area contributed by atoms with Crippen LogP contribution in [0.15, 0.2) is 72.8 Å². The van der Waals surface area contributed by atoms with E-state index in [1.807, 2.05) is 74.5 Å². The predicted molar refractivity (Wildman–Crippen MR) is 109 cm³/mol. The Balaban J connectivity index is 1.72. The molecule has 2 N–H and O–H groups in total. The first kappa shape index (κ1) is 18.4. The molecule has 0 spiro atoms. The van der Waals surface area contributed by atoms with E-state index >= 15 is 0 Å². The molecular formula is C23H22N2O2. The standard InChI is InChI=1S/C23H22N2O2/c1-16-8-6-9-18(14-16)15-22(26)25-21-13-7-12-20(17(21)2)23(27)24-19-10-4-3-5-11-19/h3-14H,15H2,1-2H3,(H,24,27)(H,25,26). The van der Waals surface area contributed by atoms with Gasteiger partial charge in [-0.05, 0) is 49.2 Å². The molecule has 0 unspecified atom stereocenters. The molecule has 0 saturated heterocycles. The number of carbonyl (C=O) groups excluding carboxylic acids is 2. The largest absolute Gasteiger partial charge is 0.326 e. The SMILES string of the molecule is Cc1cccc(CC(=O)Nc2cccc(C(=O)Nc3ccccc3)c2C)c1. The Bertz CT molecular complexity index is 965. The van der Waals surface area contributed by atoms with Crippen LogP contribution < -0.4 is 10.6 Å². The van der Waals surface area contributed by atoms with Gasteiger partial charge in [-0.15, -0.1) is 0 Å². The number of amides is 2. The van der Waals surface area contributed by atoms with Crippen molar-refractivity contribution >= 4 is 23.2 Å². The first-order valence-electron chi connectivity index (χ1n) is 8.84. The van der Waals surface area contributed by atoms with Crippen molar-refractivity contribution in [3.63, 3.8) is 0 Å². The van der Waals surface area contributed by atoms with Gasteiger partial charge in [0.05, 0.1) is 6.42 Å². The summed E-state index contributed by atoms with van der Waals surface area (Å²) in [5.41, 5.74) is 4.74. The summed E-state index contributed by atoms with van der Waals surface area (Å²) in [5, 5.41) is 5.79. The van der Waals surface area contributed by atoms with Gasteiger partial charge in [0.15, 0.2) is 0 Å². The highest BCUT2D eigenvalue weighted by molar-refractivity contribution is 6.06. The van der Waals surface area contributed by atoms with E-state index in [9.17, 15) is 9.59 Å². The van der Waals surface area contributed by atoms with Gasteiger partial charge >= 0.3 is 0 Å². The maximum Gasteiger partial charge on any atom is 0.256 e. The average molecular weight is 358 g/mol. The molecule has 4 nitrogen and oxygen atoms in total. The first-order chi connectivity index (χ1) is 13.0. The zero-order chi connectivity index (χ0) is 19.2. The summed E-state index contributed by atoms with van der Waals surface area (Å²) >= 11 is 0. The molecule has 0 heterocycles. The molecule has 0 atom stereocenters. The Morgan fingerprint density at radius 3 is 2.30 bits per heavy atom. The molecule has 0 saturated carbocycles. The molecule has 27 heavy (non-hydrogen) atoms. The van der Waals surface area contributed by atoms with Crippen LogP contribution in [0.4, 0.5) is 11.4 Å². The van der Waals surface area contributed by atoms with Crippen molar-refractivity contribution < 1.29 is 9.59 Å². The maximum atomic E-state index is 12.6. The normalized spacial score (nSPS) is 10.3. The molecule has 0 bridgehead atoms. The zero-order valence-electron chi connectivity index (χ0n) is 15.5. The van der Waals surface area contributed by atoms with Crippen LogP contribution in [-0.4, -0.2) is 11.8 Å². The van der Waals surface area contributed by atoms with Crippen molar-refractivity contribution in [2.75, 3.05) is 10.6 Å². The molecular weight excluding hydrogens is 336 g/mol. The Morgan fingerprint density at radius 2 is 1.56 bits per heavy atom. The monoisotopic (exact) mass is 358 g/mol. The average Bonchev–Trinajstić information content (AvgIpc) is 2.64. The van der Waals surface area contributed by atoms with E-state index in [4.69, 9.17) is 0 Å². The van der Waals surface area contributed by atoms with Gasteiger partial charge < -0.3 is 10.6 Å². The van der Waals surface area contributed by atoms with Crippen LogP contribution >= 0.6 is 0 Å². The second kappa shape index (κ2) is 8.32. The molecule has 0 aliphatic rings. The first-order valence-corrected chi connectivity index (χ1v) is 8.84. The van der Waals surface area contributed by atoms with Crippen LogP contribution in [0.1, 0.15) is 27.0 Å². The lowest BCUT2D eigenvalue weighted by Gasteiger charge is -2.13. The lowest BCUT2D eigenvalue weighted by molar-refractivity contribution is -0.115. The third-order valence-corrected chi connectivity index (χ3v) is 4.33. The van der Waals surface area contributed by atoms with E-state index in [0.717, 1.165) is 22.4 Å². The minimum atomic E-state index is -0.200. The number of nitrogens with one attached hydrogen (secondary N) is 2. The van der Waals surface area contributed by atoms with Crippen LogP contribution in [0.2, 0.25) is 0 Å². The van der Waals surface area contributed by atoms with E-state index < -0.39 is 0 Å². The van der Waals surface area contributed by atoms with Gasteiger partial charge in [-0.1, -0.05) is 54.1 Å². The van der Waals surface area contributed by atoms with Gasteiger partial charge in [0.2, 0.25) is 5.91 Å². The number of benzene rings is 3. The number of aryl methyl sites for hydroxylation is 1. The van der Waals surface area contributed by atoms with E-state index in [1.54, 1.807) is 12.1 Å². The topological polar surface area (TPSA) is 58.2 Å². The zero-order valence-corrected chi connectivity index (χ0v) is 15.5. The van der Waals surface area contributed by atoms with Crippen LogP contribution in [0.5, 0.6) is 0 Å². The van der Waals surface area contributed by atoms with Crippen molar-refractivity contribution in [2.24, 2.45) is 0 Å². The number of hydrogen-bond donors (Lipinski definition) is 2. The van der Waals surface area contributed by atoms with Gasteiger partial charge in [-0.25, -0.2) is 0 Å². The lowest BCUT2D eigenvalue weighted by atomic mass is 10.0. The van der Waals surface area contributed by atoms with Gasteiger partial charge in [-0.3, -0.25) is 9.59 Å². The minimum Gasteiger partial charge on any atom is -0.326 e. The second-order valence-corrected chi connectivity index (χ2v) is 6.51. The van der Waals surface area contributed by atoms with Gasteiger partial charge in [-0.2, -0.15) is 0 Å². The minimum absolute atomic E-state index is 0.107. The number of hydrogen-bond acceptors (Lipinski definition) is 2. The Labute approximate surface area is 159 Å². The third-order valence-electron chi connectivity index (χ3n) is 4.33. The molecule has 0 radical (unpaired) electrons. The van der Waals surface area contributed by atoms with Crippen molar-refractivity contribution in [1.82, 2.24) is 0 Å². The maximum absolute atomic E-state index is 12.6. The summed E-state index contributed by atoms with van der Waals surface area (Å²) in [6.45, 7) is 3.84. The molecule has 0 aliphatic heterocycles. The Morgan fingerprint density at radius 1 is 0.815 bits per heavy atom. The number of carbonyl (C=O) groups is 2. The van der Waals surface area contributed by atoms with Crippen molar-refractivity contribution in [2.45, 2.75) is 20.3 Å². The lowest BCUT2D eigenvalue weighted by Crippen LogP contribution is -2.18. The summed E-state index contributed by atoms with van der Waals surface area (Å²) in [6, 6.07) is 22.5. The number of anilines is 2. The highest BCUT2D eigenvalue weighted by atomic mass is 16.2. The van der Waals surface area contributed by atoms with Crippen LogP contribution in [0.25, 0.3) is 0 Å². The molecule has 4 heteroatoms. The summed E-state index contributed by atoms with van der Waals surface area (Å²) in [4.78, 5) is 25.0. The smallest absolute Gasteiger partial charge is 0.256 e. The van der Waals surface area contributed by atoms with E-state index in [1.165, 1.54) is 0 Å². The molecule has 3 aromatic carbocycles. The fraction of sp³-hybridized carbons (Fsp3) is 0.130. The van der Waals surface area contributed by atoms with Crippen molar-refractivity contribution in [3.8, 4) is 0 Å². The van der Waals surface area contributed by atoms with Crippen molar-refractivity contribution in [3.05, 3.63) is 95.1 Å². The third kappa shape index (κ3) is 4.82. The van der Waals surface area contributed by atoms with Gasteiger partial charge in [0.1, 0.15) is 0 Å². The summed E-state index contributed by atoms with van der Waals surface area (Å²) in [5.74, 6) is -0.308. The van der Waals surface area contributed by atoms with Crippen LogP contribution in [-0.2, 0) is 11.2 Å². The van der Waals surface area contributed by atoms with Crippen LogP contribution in [0.3, 0.4) is 0 Å². The quantitative estimate of drug-likeness (QED) is 0.692. The van der Waals surface area contributed by atoms with Crippen LogP contribution in [0, 0.1) is 13.8 Å². The van der Waals surface area contributed by atoms with Gasteiger partial charge in [0.25, 0.3) is 5.91 Å². The molecule has 3 rings (SSSR count). The Hall–Kier alpha value is -3.40. The fourth-order valence-electron chi connectivity index (χ4n) is 2.94. The fourth-order valence-corrected chi connectivity index (χ4v) is 2.94. The van der Waals surface area contributed by atoms with E-state index in [2.05, 4.69) is 10.6 Å². The molecule has 0 aromatic heterocycles. The second-order valence-electron chi connectivity index (χ2n) is 6.51. The van der Waals surface area contributed by atoms with E-state index in [-0.39, 0.29) is 11.8 Å². The van der Waals surface area contributed by atoms with E-state index in [0.29, 0.717) is 17.7 Å². The molecule has 2 amide bonds. The summed E-state index contributed by atoms with van der Waals surface area (Å²) in [6.07, 6.45) is 0.293. The number of para-hydroxylation sites is 1. The summed E-state index contributed by atoms with van der Waals surface area (Å²) in [7, 11) is 0. The molecule has 136 valence electrons. The van der Waals surface area contributed by atoms with Crippen molar-refractivity contribution in [1.29, 1.82) is 0 Å².